The quantitative estimate of drug-likeness (QED) is 0.588. The molecule has 0 bridgehead atoms. The zero-order valence-corrected chi connectivity index (χ0v) is 13.0. The number of hydrogen-bond acceptors (Lipinski definition) is 7. The molecule has 1 aliphatic heterocycles. The van der Waals surface area contributed by atoms with Crippen LogP contribution in [0, 0.1) is 0 Å². The van der Waals surface area contributed by atoms with Gasteiger partial charge in [-0.1, -0.05) is 0 Å². The van der Waals surface area contributed by atoms with E-state index in [1.807, 2.05) is 18.3 Å². The average molecular weight is 299 g/mol. The van der Waals surface area contributed by atoms with E-state index in [-0.39, 0.29) is 12.1 Å². The third kappa shape index (κ3) is 3.47. The number of methoxy groups -OCH3 is 1. The Kier molecular flexibility index (Phi) is 5.33. The summed E-state index contributed by atoms with van der Waals surface area (Å²) in [5.74, 6) is -0.182. The van der Waals surface area contributed by atoms with Gasteiger partial charge in [-0.3, -0.25) is 4.79 Å². The molecule has 1 saturated heterocycles. The van der Waals surface area contributed by atoms with E-state index in [0.29, 0.717) is 12.8 Å². The maximum Gasteiger partial charge on any atom is 0.305 e. The molecule has 2 heterocycles. The van der Waals surface area contributed by atoms with Crippen molar-refractivity contribution in [3.8, 4) is 0 Å². The van der Waals surface area contributed by atoms with Crippen LogP contribution in [0.2, 0.25) is 0 Å². The Bertz CT molecular complexity index is 452. The standard InChI is InChI=1S/C13H21N3O3S/c1-15(19-3)11-5-4-8-16(11)13-14-9-10(20-13)6-7-12(17)18-2/h9,11H,4-8H2,1-3H3. The third-order valence-corrected chi connectivity index (χ3v) is 4.61. The minimum Gasteiger partial charge on any atom is -0.469 e. The molecular formula is C13H21N3O3S. The van der Waals surface area contributed by atoms with Gasteiger partial charge in [0.1, 0.15) is 6.17 Å². The highest BCUT2D eigenvalue weighted by atomic mass is 32.1. The lowest BCUT2D eigenvalue weighted by Crippen LogP contribution is -2.41. The molecule has 1 fully saturated rings. The fraction of sp³-hybridized carbons (Fsp3) is 0.692. The predicted molar refractivity (Wildman–Crippen MR) is 77.6 cm³/mol. The van der Waals surface area contributed by atoms with Gasteiger partial charge in [0.25, 0.3) is 0 Å². The lowest BCUT2D eigenvalue weighted by molar-refractivity contribution is -0.140. The second-order valence-electron chi connectivity index (χ2n) is 4.73. The topological polar surface area (TPSA) is 54.9 Å². The molecule has 1 unspecified atom stereocenters. The normalized spacial score (nSPS) is 18.8. The lowest BCUT2D eigenvalue weighted by atomic mass is 10.3. The van der Waals surface area contributed by atoms with Crippen molar-refractivity contribution >= 4 is 22.4 Å². The molecule has 7 heteroatoms. The van der Waals surface area contributed by atoms with E-state index in [2.05, 4.69) is 14.6 Å². The first-order valence-electron chi connectivity index (χ1n) is 6.70. The molecule has 2 rings (SSSR count). The number of thiazole rings is 1. The van der Waals surface area contributed by atoms with Crippen molar-refractivity contribution in [1.29, 1.82) is 0 Å². The van der Waals surface area contributed by atoms with E-state index in [4.69, 9.17) is 4.84 Å². The van der Waals surface area contributed by atoms with Crippen LogP contribution >= 0.6 is 11.3 Å². The van der Waals surface area contributed by atoms with Gasteiger partial charge in [0, 0.05) is 24.7 Å². The number of nitrogens with zero attached hydrogens (tertiary/aromatic N) is 3. The van der Waals surface area contributed by atoms with Crippen LogP contribution in [0.3, 0.4) is 0 Å². The number of hydroxylamine groups is 2. The van der Waals surface area contributed by atoms with Crippen LogP contribution in [-0.2, 0) is 20.8 Å². The Balaban J connectivity index is 1.99. The number of carbonyl (C=O) groups excluding carboxylic acids is 1. The molecule has 0 N–H and O–H groups in total. The monoisotopic (exact) mass is 299 g/mol. The van der Waals surface area contributed by atoms with Crippen molar-refractivity contribution in [2.45, 2.75) is 31.8 Å². The highest BCUT2D eigenvalue weighted by Gasteiger charge is 2.30. The fourth-order valence-electron chi connectivity index (χ4n) is 2.34. The Morgan fingerprint density at radius 1 is 1.60 bits per heavy atom. The van der Waals surface area contributed by atoms with E-state index in [1.165, 1.54) is 7.11 Å². The summed E-state index contributed by atoms with van der Waals surface area (Å²) in [6.07, 6.45) is 5.38. The van der Waals surface area contributed by atoms with Crippen LogP contribution in [0.1, 0.15) is 24.1 Å². The molecule has 0 saturated carbocycles. The van der Waals surface area contributed by atoms with Crippen LogP contribution < -0.4 is 4.90 Å². The molecule has 1 aromatic rings. The number of hydrogen-bond donors (Lipinski definition) is 0. The first kappa shape index (κ1) is 15.2. The van der Waals surface area contributed by atoms with Crippen molar-refractivity contribution in [3.05, 3.63) is 11.1 Å². The first-order valence-corrected chi connectivity index (χ1v) is 7.52. The molecule has 112 valence electrons. The van der Waals surface area contributed by atoms with Crippen molar-refractivity contribution in [1.82, 2.24) is 10.0 Å². The van der Waals surface area contributed by atoms with Crippen LogP contribution in [0.15, 0.2) is 6.20 Å². The highest BCUT2D eigenvalue weighted by Crippen LogP contribution is 2.31. The summed E-state index contributed by atoms with van der Waals surface area (Å²) in [7, 11) is 5.03. The minimum absolute atomic E-state index is 0.182. The van der Waals surface area contributed by atoms with E-state index in [0.717, 1.165) is 29.4 Å². The Morgan fingerprint density at radius 3 is 3.10 bits per heavy atom. The van der Waals surface area contributed by atoms with Crippen LogP contribution in [-0.4, -0.2) is 50.0 Å². The number of rotatable bonds is 6. The summed E-state index contributed by atoms with van der Waals surface area (Å²) in [4.78, 5) is 24.3. The predicted octanol–water partition coefficient (Wildman–Crippen LogP) is 1.67. The number of ether oxygens (including phenoxy) is 1. The summed E-state index contributed by atoms with van der Waals surface area (Å²) < 4.78 is 4.65. The molecule has 1 aromatic heterocycles. The van der Waals surface area contributed by atoms with Crippen molar-refractivity contribution < 1.29 is 14.4 Å². The van der Waals surface area contributed by atoms with Crippen molar-refractivity contribution in [2.24, 2.45) is 0 Å². The minimum atomic E-state index is -0.182. The molecule has 20 heavy (non-hydrogen) atoms. The van der Waals surface area contributed by atoms with E-state index < -0.39 is 0 Å². The molecule has 0 amide bonds. The molecule has 6 nitrogen and oxygen atoms in total. The highest BCUT2D eigenvalue weighted by molar-refractivity contribution is 7.15. The van der Waals surface area contributed by atoms with Gasteiger partial charge < -0.3 is 14.5 Å². The van der Waals surface area contributed by atoms with Gasteiger partial charge in [0.15, 0.2) is 5.13 Å². The zero-order chi connectivity index (χ0) is 14.5. The Morgan fingerprint density at radius 2 is 2.40 bits per heavy atom. The summed E-state index contributed by atoms with van der Waals surface area (Å²) in [5, 5.41) is 2.86. The number of aromatic nitrogens is 1. The van der Waals surface area contributed by atoms with E-state index in [1.54, 1.807) is 18.4 Å². The SMILES string of the molecule is COC(=O)CCc1cnc(N2CCCC2N(C)OC)s1. The first-order chi connectivity index (χ1) is 9.65. The maximum atomic E-state index is 11.2. The van der Waals surface area contributed by atoms with E-state index in [9.17, 15) is 4.79 Å². The molecule has 0 aliphatic carbocycles. The number of aryl methyl sites for hydroxylation is 1. The summed E-state index contributed by atoms with van der Waals surface area (Å²) in [6.45, 7) is 0.988. The number of anilines is 1. The number of esters is 1. The smallest absolute Gasteiger partial charge is 0.305 e. The lowest BCUT2D eigenvalue weighted by Gasteiger charge is -2.30. The second kappa shape index (κ2) is 7.01. The van der Waals surface area contributed by atoms with Gasteiger partial charge in [-0.25, -0.2) is 4.98 Å². The van der Waals surface area contributed by atoms with E-state index >= 15 is 0 Å². The summed E-state index contributed by atoms with van der Waals surface area (Å²) in [6, 6.07) is 0. The van der Waals surface area contributed by atoms with Gasteiger partial charge >= 0.3 is 5.97 Å². The van der Waals surface area contributed by atoms with Crippen molar-refractivity contribution in [2.75, 3.05) is 32.7 Å². The molecule has 0 aromatic carbocycles. The fourth-order valence-corrected chi connectivity index (χ4v) is 3.32. The molecule has 0 spiro atoms. The molecule has 1 atom stereocenters. The van der Waals surface area contributed by atoms with Gasteiger partial charge in [-0.15, -0.1) is 11.3 Å². The summed E-state index contributed by atoms with van der Waals surface area (Å²) in [5.41, 5.74) is 0. The van der Waals surface area contributed by atoms with Crippen LogP contribution in [0.4, 0.5) is 5.13 Å². The zero-order valence-electron chi connectivity index (χ0n) is 12.2. The molecule has 0 radical (unpaired) electrons. The molecular weight excluding hydrogens is 278 g/mol. The Labute approximate surface area is 123 Å². The number of carbonyl (C=O) groups is 1. The van der Waals surface area contributed by atoms with Crippen LogP contribution in [0.25, 0.3) is 0 Å². The van der Waals surface area contributed by atoms with Crippen LogP contribution in [0.5, 0.6) is 0 Å². The van der Waals surface area contributed by atoms with Crippen molar-refractivity contribution in [3.63, 3.8) is 0 Å². The van der Waals surface area contributed by atoms with Gasteiger partial charge in [0.2, 0.25) is 0 Å². The maximum absolute atomic E-state index is 11.2. The summed E-state index contributed by atoms with van der Waals surface area (Å²) >= 11 is 1.64. The van der Waals surface area contributed by atoms with Gasteiger partial charge in [-0.2, -0.15) is 5.06 Å². The largest absolute Gasteiger partial charge is 0.469 e. The Hall–Kier alpha value is -1.18. The second-order valence-corrected chi connectivity index (χ2v) is 5.82. The third-order valence-electron chi connectivity index (χ3n) is 3.52. The molecule has 1 aliphatic rings. The van der Waals surface area contributed by atoms with Gasteiger partial charge in [0.05, 0.1) is 20.6 Å². The van der Waals surface area contributed by atoms with Gasteiger partial charge in [-0.05, 0) is 19.3 Å². The average Bonchev–Trinajstić information content (AvgIpc) is 3.11.